The molecule has 0 aliphatic rings. The van der Waals surface area contributed by atoms with Crippen molar-refractivity contribution in [2.75, 3.05) is 5.94 Å². The van der Waals surface area contributed by atoms with Gasteiger partial charge in [0.1, 0.15) is 0 Å². The maximum atomic E-state index is 11.2. The molecule has 0 rings (SSSR count). The molecular formula is C15H31NaO5S. The molecule has 22 heavy (non-hydrogen) atoms. The fourth-order valence-corrected chi connectivity index (χ4v) is 2.43. The maximum Gasteiger partial charge on any atom is 1.00 e. The largest absolute Gasteiger partial charge is 1.00 e. The Hall–Kier alpha value is 0.380. The van der Waals surface area contributed by atoms with Gasteiger partial charge in [0.05, 0.1) is 0 Å². The second-order valence-electron chi connectivity index (χ2n) is 5.50. The molecule has 0 aromatic heterocycles. The third kappa shape index (κ3) is 20.4. The number of carbonyl (C=O) groups excluding carboxylic acids is 1. The van der Waals surface area contributed by atoms with Crippen molar-refractivity contribution < 1.29 is 53.5 Å². The van der Waals surface area contributed by atoms with Gasteiger partial charge < -0.3 is 6.16 Å². The molecule has 0 bridgehead atoms. The summed E-state index contributed by atoms with van der Waals surface area (Å²) in [5.74, 6) is -1.51. The minimum absolute atomic E-state index is 0. The van der Waals surface area contributed by atoms with Gasteiger partial charge in [-0.05, 0) is 6.42 Å². The molecule has 128 valence electrons. The molecule has 0 heterocycles. The van der Waals surface area contributed by atoms with Crippen molar-refractivity contribution in [2.24, 2.45) is 0 Å². The Kier molecular flexibility index (Phi) is 18.2. The number of hydrogen-bond acceptors (Lipinski definition) is 4. The number of unbranched alkanes of at least 4 members (excludes halogenated alkanes) is 10. The average Bonchev–Trinajstić information content (AvgIpc) is 2.42. The molecule has 0 saturated carbocycles. The van der Waals surface area contributed by atoms with Crippen LogP contribution < -0.4 is 29.6 Å². The van der Waals surface area contributed by atoms with Crippen molar-refractivity contribution in [1.29, 1.82) is 0 Å². The van der Waals surface area contributed by atoms with E-state index in [9.17, 15) is 13.2 Å². The van der Waals surface area contributed by atoms with Gasteiger partial charge in [0.25, 0.3) is 0 Å². The Morgan fingerprint density at radius 1 is 0.909 bits per heavy atom. The Morgan fingerprint density at radius 2 is 1.32 bits per heavy atom. The van der Waals surface area contributed by atoms with Crippen LogP contribution in [0.3, 0.4) is 0 Å². The minimum Gasteiger partial charge on any atom is -1.00 e. The molecule has 0 aromatic carbocycles. The van der Waals surface area contributed by atoms with Gasteiger partial charge in [0.15, 0.2) is 0 Å². The topological polar surface area (TPSA) is 80.7 Å². The summed E-state index contributed by atoms with van der Waals surface area (Å²) in [4.78, 5) is 11.2. The van der Waals surface area contributed by atoms with E-state index in [1.807, 2.05) is 0 Å². The van der Waals surface area contributed by atoms with Gasteiger partial charge in [-0.2, -0.15) is 8.42 Å². The monoisotopic (exact) mass is 346 g/mol. The fraction of sp³-hybridized carbons (Fsp3) is 0.933. The van der Waals surface area contributed by atoms with Crippen LogP contribution in [-0.4, -0.2) is 24.9 Å². The van der Waals surface area contributed by atoms with Crippen LogP contribution in [0.15, 0.2) is 0 Å². The first-order valence-electron chi connectivity index (χ1n) is 8.06. The zero-order valence-corrected chi connectivity index (χ0v) is 17.0. The van der Waals surface area contributed by atoms with E-state index in [0.29, 0.717) is 6.42 Å². The Balaban J connectivity index is -0.00000200. The minimum atomic E-state index is -4.22. The van der Waals surface area contributed by atoms with Gasteiger partial charge in [0.2, 0.25) is 5.94 Å². The summed E-state index contributed by atoms with van der Waals surface area (Å²) in [6.07, 6.45) is 13.3. The summed E-state index contributed by atoms with van der Waals surface area (Å²) in [7, 11) is -4.22. The summed E-state index contributed by atoms with van der Waals surface area (Å²) < 4.78 is 33.6. The standard InChI is InChI=1S/C15H30O5S.Na.H/c1-2-3-4-5-6-7-8-9-10-11-12-13-15(16)20-14-21(17,18)19;;/h2-14H2,1H3,(H,17,18,19);;/q;+1;-1. The first kappa shape index (κ1) is 24.6. The quantitative estimate of drug-likeness (QED) is 0.221. The Morgan fingerprint density at radius 3 is 1.73 bits per heavy atom. The molecule has 0 spiro atoms. The van der Waals surface area contributed by atoms with Crippen molar-refractivity contribution in [3.63, 3.8) is 0 Å². The predicted octanol–water partition coefficient (Wildman–Crippen LogP) is 1.19. The van der Waals surface area contributed by atoms with Crippen molar-refractivity contribution >= 4 is 16.1 Å². The van der Waals surface area contributed by atoms with Gasteiger partial charge in [-0.3, -0.25) is 9.35 Å². The van der Waals surface area contributed by atoms with Gasteiger partial charge in [-0.15, -0.1) is 0 Å². The summed E-state index contributed by atoms with van der Waals surface area (Å²) in [5.41, 5.74) is 0. The molecule has 0 radical (unpaired) electrons. The summed E-state index contributed by atoms with van der Waals surface area (Å²) in [6, 6.07) is 0. The summed E-state index contributed by atoms with van der Waals surface area (Å²) >= 11 is 0. The third-order valence-electron chi connectivity index (χ3n) is 3.35. The molecule has 0 unspecified atom stereocenters. The Labute approximate surface area is 159 Å². The molecule has 1 N–H and O–H groups in total. The first-order valence-corrected chi connectivity index (χ1v) is 9.67. The molecule has 0 fully saturated rings. The van der Waals surface area contributed by atoms with E-state index in [1.54, 1.807) is 0 Å². The van der Waals surface area contributed by atoms with Gasteiger partial charge in [-0.1, -0.05) is 71.1 Å². The van der Waals surface area contributed by atoms with Crippen molar-refractivity contribution in [2.45, 2.75) is 84.0 Å². The van der Waals surface area contributed by atoms with Crippen LogP contribution in [0, 0.1) is 0 Å². The van der Waals surface area contributed by atoms with Crippen LogP contribution in [-0.2, 0) is 19.6 Å². The third-order valence-corrected chi connectivity index (χ3v) is 3.77. The molecule has 5 nitrogen and oxygen atoms in total. The number of rotatable bonds is 14. The van der Waals surface area contributed by atoms with E-state index in [-0.39, 0.29) is 37.4 Å². The predicted molar refractivity (Wildman–Crippen MR) is 84.7 cm³/mol. The van der Waals surface area contributed by atoms with Crippen molar-refractivity contribution in [3.8, 4) is 0 Å². The molecule has 0 amide bonds. The molecule has 0 aromatic rings. The van der Waals surface area contributed by atoms with E-state index in [0.717, 1.165) is 12.8 Å². The maximum absolute atomic E-state index is 11.2. The van der Waals surface area contributed by atoms with E-state index in [2.05, 4.69) is 11.7 Å². The number of esters is 1. The van der Waals surface area contributed by atoms with Crippen LogP contribution in [0.4, 0.5) is 0 Å². The first-order chi connectivity index (χ1) is 9.95. The van der Waals surface area contributed by atoms with E-state index in [4.69, 9.17) is 4.55 Å². The molecule has 7 heteroatoms. The van der Waals surface area contributed by atoms with Crippen LogP contribution in [0.1, 0.15) is 85.4 Å². The smallest absolute Gasteiger partial charge is 1.00 e. The normalized spacial score (nSPS) is 11.0. The van der Waals surface area contributed by atoms with Crippen LogP contribution >= 0.6 is 0 Å². The van der Waals surface area contributed by atoms with Crippen LogP contribution in [0.2, 0.25) is 0 Å². The van der Waals surface area contributed by atoms with Gasteiger partial charge in [-0.25, -0.2) is 0 Å². The fourth-order valence-electron chi connectivity index (χ4n) is 2.15. The number of hydrogen-bond donors (Lipinski definition) is 1. The second-order valence-corrected chi connectivity index (χ2v) is 6.90. The summed E-state index contributed by atoms with van der Waals surface area (Å²) in [5, 5.41) is 0. The molecule has 0 saturated heterocycles. The zero-order valence-electron chi connectivity index (χ0n) is 15.2. The molecule has 0 atom stereocenters. The van der Waals surface area contributed by atoms with Gasteiger partial charge in [0, 0.05) is 6.42 Å². The van der Waals surface area contributed by atoms with Gasteiger partial charge >= 0.3 is 45.6 Å². The SMILES string of the molecule is CCCCCCCCCCCCCC(=O)OCS(=O)(=O)O.[H-].[Na+]. The Bertz CT molecular complexity index is 363. The van der Waals surface area contributed by atoms with E-state index >= 15 is 0 Å². The molecular weight excluding hydrogens is 315 g/mol. The van der Waals surface area contributed by atoms with Crippen molar-refractivity contribution in [3.05, 3.63) is 0 Å². The average molecular weight is 346 g/mol. The summed E-state index contributed by atoms with van der Waals surface area (Å²) in [6.45, 7) is 2.22. The number of ether oxygens (including phenoxy) is 1. The number of carbonyl (C=O) groups is 1. The molecule has 0 aliphatic carbocycles. The van der Waals surface area contributed by atoms with Crippen molar-refractivity contribution in [1.82, 2.24) is 0 Å². The van der Waals surface area contributed by atoms with E-state index < -0.39 is 22.0 Å². The zero-order chi connectivity index (χ0) is 16.0. The second kappa shape index (κ2) is 16.2. The van der Waals surface area contributed by atoms with Crippen LogP contribution in [0.5, 0.6) is 0 Å². The van der Waals surface area contributed by atoms with Crippen LogP contribution in [0.25, 0.3) is 0 Å². The van der Waals surface area contributed by atoms with E-state index in [1.165, 1.54) is 51.4 Å². The molecule has 0 aliphatic heterocycles.